The Labute approximate surface area is 135 Å². The van der Waals surface area contributed by atoms with Gasteiger partial charge in [0.2, 0.25) is 5.91 Å². The van der Waals surface area contributed by atoms with Gasteiger partial charge in [-0.25, -0.2) is 4.39 Å². The normalized spacial score (nSPS) is 12.0. The molecular formula is C18H20FNOS. The van der Waals surface area contributed by atoms with Crippen LogP contribution in [0.3, 0.4) is 0 Å². The molecule has 0 aliphatic rings. The molecule has 0 spiro atoms. The van der Waals surface area contributed by atoms with Gasteiger partial charge in [0, 0.05) is 10.6 Å². The molecule has 0 saturated heterocycles. The number of benzene rings is 2. The third-order valence-corrected chi connectivity index (χ3v) is 4.59. The maximum absolute atomic E-state index is 13.7. The van der Waals surface area contributed by atoms with Crippen LogP contribution >= 0.6 is 11.8 Å². The summed E-state index contributed by atoms with van der Waals surface area (Å²) in [4.78, 5) is 12.9. The second kappa shape index (κ2) is 6.97. The maximum atomic E-state index is 13.7. The number of thioether (sulfide) groups is 1. The Morgan fingerprint density at radius 2 is 1.73 bits per heavy atom. The van der Waals surface area contributed by atoms with Crippen molar-refractivity contribution < 1.29 is 9.18 Å². The minimum absolute atomic E-state index is 0.122. The van der Waals surface area contributed by atoms with Crippen LogP contribution < -0.4 is 5.32 Å². The molecule has 0 saturated carbocycles. The Balaban J connectivity index is 2.11. The number of carbonyl (C=O) groups is 1. The number of halogens is 1. The summed E-state index contributed by atoms with van der Waals surface area (Å²) in [5, 5.41) is 2.59. The third-order valence-electron chi connectivity index (χ3n) is 3.43. The highest BCUT2D eigenvalue weighted by molar-refractivity contribution is 8.00. The van der Waals surface area contributed by atoms with Gasteiger partial charge < -0.3 is 5.32 Å². The lowest BCUT2D eigenvalue weighted by Gasteiger charge is -2.16. The fourth-order valence-electron chi connectivity index (χ4n) is 2.39. The molecule has 1 N–H and O–H groups in total. The third kappa shape index (κ3) is 3.89. The van der Waals surface area contributed by atoms with Gasteiger partial charge >= 0.3 is 0 Å². The number of hydrogen-bond acceptors (Lipinski definition) is 2. The fourth-order valence-corrected chi connectivity index (χ4v) is 3.27. The molecule has 1 atom stereocenters. The summed E-state index contributed by atoms with van der Waals surface area (Å²) in [6.07, 6.45) is 0. The van der Waals surface area contributed by atoms with Crippen molar-refractivity contribution in [3.63, 3.8) is 0 Å². The van der Waals surface area contributed by atoms with Crippen LogP contribution in [0.1, 0.15) is 23.6 Å². The van der Waals surface area contributed by atoms with Crippen LogP contribution in [-0.4, -0.2) is 11.2 Å². The molecule has 1 amide bonds. The lowest BCUT2D eigenvalue weighted by atomic mass is 10.1. The first kappa shape index (κ1) is 16.6. The van der Waals surface area contributed by atoms with Gasteiger partial charge in [-0.2, -0.15) is 0 Å². The Morgan fingerprint density at radius 3 is 2.32 bits per heavy atom. The molecule has 0 aliphatic carbocycles. The predicted molar refractivity (Wildman–Crippen MR) is 91.0 cm³/mol. The van der Waals surface area contributed by atoms with E-state index in [-0.39, 0.29) is 17.0 Å². The van der Waals surface area contributed by atoms with Crippen molar-refractivity contribution in [1.29, 1.82) is 0 Å². The summed E-state index contributed by atoms with van der Waals surface area (Å²) in [5.74, 6) is -0.418. The van der Waals surface area contributed by atoms with Gasteiger partial charge in [-0.3, -0.25) is 4.79 Å². The SMILES string of the molecule is Cc1cc(C)c(NC(=O)[C@@H](C)Sc2ccccc2F)c(C)c1. The summed E-state index contributed by atoms with van der Waals surface area (Å²) in [6, 6.07) is 10.6. The number of aryl methyl sites for hydroxylation is 3. The van der Waals surface area contributed by atoms with E-state index in [1.54, 1.807) is 25.1 Å². The van der Waals surface area contributed by atoms with Crippen LogP contribution in [-0.2, 0) is 4.79 Å². The standard InChI is InChI=1S/C18H20FNOS/c1-11-9-12(2)17(13(3)10-11)20-18(21)14(4)22-16-8-6-5-7-15(16)19/h5-10,14H,1-4H3,(H,20,21)/t14-/m1/s1. The van der Waals surface area contributed by atoms with Gasteiger partial charge in [0.1, 0.15) is 5.82 Å². The molecule has 0 heterocycles. The summed E-state index contributed by atoms with van der Waals surface area (Å²) >= 11 is 1.23. The lowest BCUT2D eigenvalue weighted by Crippen LogP contribution is -2.23. The first-order valence-corrected chi connectivity index (χ1v) is 8.06. The van der Waals surface area contributed by atoms with E-state index >= 15 is 0 Å². The minimum atomic E-state index is -0.378. The number of carbonyl (C=O) groups excluding carboxylic acids is 1. The Hall–Kier alpha value is -1.81. The van der Waals surface area contributed by atoms with E-state index in [9.17, 15) is 9.18 Å². The van der Waals surface area contributed by atoms with E-state index in [1.807, 2.05) is 32.9 Å². The molecule has 0 aliphatic heterocycles. The Bertz CT molecular complexity index is 676. The van der Waals surface area contributed by atoms with Gasteiger partial charge in [-0.15, -0.1) is 11.8 Å². The van der Waals surface area contributed by atoms with Crippen molar-refractivity contribution in [3.8, 4) is 0 Å². The zero-order chi connectivity index (χ0) is 16.3. The zero-order valence-electron chi connectivity index (χ0n) is 13.2. The summed E-state index contributed by atoms with van der Waals surface area (Å²) in [7, 11) is 0. The van der Waals surface area contributed by atoms with Crippen LogP contribution in [0.2, 0.25) is 0 Å². The average Bonchev–Trinajstić information content (AvgIpc) is 2.45. The smallest absolute Gasteiger partial charge is 0.237 e. The van der Waals surface area contributed by atoms with Gasteiger partial charge in [0.05, 0.1) is 5.25 Å². The molecule has 0 unspecified atom stereocenters. The highest BCUT2D eigenvalue weighted by atomic mass is 32.2. The largest absolute Gasteiger partial charge is 0.325 e. The first-order valence-electron chi connectivity index (χ1n) is 7.18. The number of nitrogens with one attached hydrogen (secondary N) is 1. The molecule has 0 radical (unpaired) electrons. The highest BCUT2D eigenvalue weighted by Crippen LogP contribution is 2.28. The van der Waals surface area contributed by atoms with Crippen LogP contribution in [0.5, 0.6) is 0 Å². The van der Waals surface area contributed by atoms with Crippen LogP contribution in [0, 0.1) is 26.6 Å². The van der Waals surface area contributed by atoms with Crippen molar-refractivity contribution in [1.82, 2.24) is 0 Å². The van der Waals surface area contributed by atoms with E-state index < -0.39 is 0 Å². The molecule has 0 fully saturated rings. The second-order valence-corrected chi connectivity index (χ2v) is 6.84. The van der Waals surface area contributed by atoms with Gasteiger partial charge in [0.15, 0.2) is 0 Å². The van der Waals surface area contributed by atoms with Crippen molar-refractivity contribution >= 4 is 23.4 Å². The van der Waals surface area contributed by atoms with E-state index in [2.05, 4.69) is 5.32 Å². The highest BCUT2D eigenvalue weighted by Gasteiger charge is 2.18. The van der Waals surface area contributed by atoms with Crippen LogP contribution in [0.4, 0.5) is 10.1 Å². The minimum Gasteiger partial charge on any atom is -0.325 e. The van der Waals surface area contributed by atoms with Crippen LogP contribution in [0.15, 0.2) is 41.3 Å². The van der Waals surface area contributed by atoms with Gasteiger partial charge in [-0.1, -0.05) is 29.8 Å². The van der Waals surface area contributed by atoms with Crippen molar-refractivity contribution in [3.05, 3.63) is 58.9 Å². The number of anilines is 1. The summed E-state index contributed by atoms with van der Waals surface area (Å²) in [5.41, 5.74) is 4.08. The van der Waals surface area contributed by atoms with E-state index in [4.69, 9.17) is 0 Å². The summed E-state index contributed by atoms with van der Waals surface area (Å²) in [6.45, 7) is 7.77. The first-order chi connectivity index (χ1) is 10.4. The second-order valence-electron chi connectivity index (χ2n) is 5.45. The average molecular weight is 317 g/mol. The summed E-state index contributed by atoms with van der Waals surface area (Å²) < 4.78 is 13.7. The maximum Gasteiger partial charge on any atom is 0.237 e. The lowest BCUT2D eigenvalue weighted by molar-refractivity contribution is -0.115. The number of hydrogen-bond donors (Lipinski definition) is 1. The molecule has 0 aromatic heterocycles. The quantitative estimate of drug-likeness (QED) is 0.815. The molecule has 4 heteroatoms. The van der Waals surface area contributed by atoms with Crippen molar-refractivity contribution in [2.45, 2.75) is 37.8 Å². The number of rotatable bonds is 4. The molecule has 0 bridgehead atoms. The monoisotopic (exact) mass is 317 g/mol. The molecule has 2 aromatic carbocycles. The number of amides is 1. The van der Waals surface area contributed by atoms with Crippen molar-refractivity contribution in [2.24, 2.45) is 0 Å². The molecule has 22 heavy (non-hydrogen) atoms. The Kier molecular flexibility index (Phi) is 5.24. The van der Waals surface area contributed by atoms with Gasteiger partial charge in [-0.05, 0) is 51.0 Å². The predicted octanol–water partition coefficient (Wildman–Crippen LogP) is 4.87. The zero-order valence-corrected chi connectivity index (χ0v) is 14.1. The van der Waals surface area contributed by atoms with Crippen molar-refractivity contribution in [2.75, 3.05) is 5.32 Å². The topological polar surface area (TPSA) is 29.1 Å². The molecule has 116 valence electrons. The fraction of sp³-hybridized carbons (Fsp3) is 0.278. The van der Waals surface area contributed by atoms with E-state index in [0.717, 1.165) is 16.8 Å². The molecular weight excluding hydrogens is 297 g/mol. The van der Waals surface area contributed by atoms with Crippen LogP contribution in [0.25, 0.3) is 0 Å². The molecule has 2 nitrogen and oxygen atoms in total. The van der Waals surface area contributed by atoms with E-state index in [1.165, 1.54) is 23.4 Å². The molecule has 2 rings (SSSR count). The van der Waals surface area contributed by atoms with E-state index in [0.29, 0.717) is 4.90 Å². The molecule has 2 aromatic rings. The van der Waals surface area contributed by atoms with Gasteiger partial charge in [0.25, 0.3) is 0 Å². The Morgan fingerprint density at radius 1 is 1.14 bits per heavy atom.